The molecule has 2 aliphatic heterocycles. The van der Waals surface area contributed by atoms with Crippen LogP contribution in [0.5, 0.6) is 11.5 Å². The van der Waals surface area contributed by atoms with E-state index in [2.05, 4.69) is 21.2 Å². The molecule has 5 rings (SSSR count). The van der Waals surface area contributed by atoms with Crippen LogP contribution in [0.15, 0.2) is 71.2 Å². The number of nitrogens with one attached hydrogen (secondary N) is 1. The number of amides is 2. The summed E-state index contributed by atoms with van der Waals surface area (Å²) in [5.74, 6) is -3.52. The number of anilines is 1. The molecule has 2 saturated heterocycles. The van der Waals surface area contributed by atoms with Gasteiger partial charge in [0.25, 0.3) is 0 Å². The van der Waals surface area contributed by atoms with Gasteiger partial charge in [-0.25, -0.2) is 9.69 Å². The van der Waals surface area contributed by atoms with Gasteiger partial charge in [-0.15, -0.1) is 0 Å². The van der Waals surface area contributed by atoms with Crippen LogP contribution in [0.2, 0.25) is 0 Å². The number of halogens is 1. The first-order valence-corrected chi connectivity index (χ1v) is 13.0. The van der Waals surface area contributed by atoms with Crippen molar-refractivity contribution in [2.75, 3.05) is 19.1 Å². The van der Waals surface area contributed by atoms with E-state index in [-0.39, 0.29) is 0 Å². The first-order valence-electron chi connectivity index (χ1n) is 12.2. The molecule has 2 heterocycles. The van der Waals surface area contributed by atoms with E-state index in [1.54, 1.807) is 54.6 Å². The molecule has 38 heavy (non-hydrogen) atoms. The Kier molecular flexibility index (Phi) is 6.75. The molecule has 4 unspecified atom stereocenters. The largest absolute Gasteiger partial charge is 0.493 e. The van der Waals surface area contributed by atoms with Gasteiger partial charge in [-0.1, -0.05) is 49.4 Å². The Bertz CT molecular complexity index is 1410. The van der Waals surface area contributed by atoms with Gasteiger partial charge in [0.2, 0.25) is 11.8 Å². The number of carboxylic acid groups (broad SMARTS) is 1. The van der Waals surface area contributed by atoms with E-state index in [0.717, 1.165) is 16.9 Å². The van der Waals surface area contributed by atoms with Crippen LogP contribution in [0.3, 0.4) is 0 Å². The third-order valence-electron chi connectivity index (χ3n) is 7.54. The van der Waals surface area contributed by atoms with Crippen molar-refractivity contribution >= 4 is 39.4 Å². The number of fused-ring (bicyclic) bond motifs is 1. The number of hydrogen-bond acceptors (Lipinski definition) is 6. The van der Waals surface area contributed by atoms with Gasteiger partial charge < -0.3 is 14.6 Å². The van der Waals surface area contributed by atoms with Gasteiger partial charge in [0, 0.05) is 6.04 Å². The van der Waals surface area contributed by atoms with E-state index in [1.165, 1.54) is 14.2 Å². The van der Waals surface area contributed by atoms with Crippen LogP contribution in [0, 0.1) is 11.8 Å². The topological polar surface area (TPSA) is 105 Å². The molecule has 0 aromatic heterocycles. The van der Waals surface area contributed by atoms with Crippen molar-refractivity contribution in [2.24, 2.45) is 11.8 Å². The molecule has 2 amide bonds. The Morgan fingerprint density at radius 3 is 2.29 bits per heavy atom. The number of rotatable bonds is 7. The van der Waals surface area contributed by atoms with Crippen molar-refractivity contribution in [2.45, 2.75) is 24.9 Å². The van der Waals surface area contributed by atoms with Crippen molar-refractivity contribution in [1.29, 1.82) is 0 Å². The van der Waals surface area contributed by atoms with Gasteiger partial charge in [-0.05, 0) is 63.3 Å². The minimum Gasteiger partial charge on any atom is -0.493 e. The maximum absolute atomic E-state index is 14.1. The average molecular weight is 579 g/mol. The van der Waals surface area contributed by atoms with Crippen LogP contribution < -0.4 is 19.7 Å². The zero-order chi connectivity index (χ0) is 27.2. The van der Waals surface area contributed by atoms with Crippen LogP contribution in [0.1, 0.15) is 29.7 Å². The number of nitrogens with zero attached hydrogens (tertiary/aromatic N) is 1. The molecule has 0 bridgehead atoms. The van der Waals surface area contributed by atoms with Gasteiger partial charge in [0.05, 0.1) is 36.2 Å². The Labute approximate surface area is 228 Å². The molecule has 3 aromatic carbocycles. The van der Waals surface area contributed by atoms with Crippen LogP contribution in [0.4, 0.5) is 5.69 Å². The standard InChI is InChI=1S/C29H27BrN2O6/c1-4-16-10-12-19(13-11-16)32-26(33)22-23(27(32)34)29(28(35)36,18-8-6-5-7-9-18)31-24(22)17-14-20(30)25(38-3)21(15-17)37-2/h5-15,22-24,31H,4H2,1-3H3,(H,35,36). The lowest BCUT2D eigenvalue weighted by Gasteiger charge is -2.31. The fourth-order valence-electron chi connectivity index (χ4n) is 5.73. The molecule has 9 heteroatoms. The molecule has 0 saturated carbocycles. The summed E-state index contributed by atoms with van der Waals surface area (Å²) in [6.45, 7) is 2.02. The van der Waals surface area contributed by atoms with E-state index in [9.17, 15) is 19.5 Å². The average Bonchev–Trinajstić information content (AvgIpc) is 3.43. The van der Waals surface area contributed by atoms with Crippen molar-refractivity contribution in [1.82, 2.24) is 5.32 Å². The lowest BCUT2D eigenvalue weighted by atomic mass is 9.75. The quantitative estimate of drug-likeness (QED) is 0.399. The Morgan fingerprint density at radius 1 is 1.03 bits per heavy atom. The number of aliphatic carboxylic acids is 1. The summed E-state index contributed by atoms with van der Waals surface area (Å²) in [4.78, 5) is 42.4. The van der Waals surface area contributed by atoms with Crippen LogP contribution in [-0.4, -0.2) is 37.1 Å². The molecular formula is C29H27BrN2O6. The molecule has 3 aromatic rings. The normalized spacial score (nSPS) is 24.4. The summed E-state index contributed by atoms with van der Waals surface area (Å²) in [5.41, 5.74) is 0.640. The number of ether oxygens (including phenoxy) is 2. The number of imide groups is 1. The first-order chi connectivity index (χ1) is 18.3. The second kappa shape index (κ2) is 9.89. The number of methoxy groups -OCH3 is 2. The highest BCUT2D eigenvalue weighted by atomic mass is 79.9. The maximum atomic E-state index is 14.1. The molecule has 0 spiro atoms. The van der Waals surface area contributed by atoms with E-state index < -0.39 is 41.2 Å². The summed E-state index contributed by atoms with van der Waals surface area (Å²) in [6.07, 6.45) is 0.809. The fraction of sp³-hybridized carbons (Fsp3) is 0.276. The van der Waals surface area contributed by atoms with E-state index in [1.807, 2.05) is 19.1 Å². The summed E-state index contributed by atoms with van der Waals surface area (Å²) >= 11 is 3.50. The maximum Gasteiger partial charge on any atom is 0.329 e. The van der Waals surface area contributed by atoms with Gasteiger partial charge >= 0.3 is 5.97 Å². The Morgan fingerprint density at radius 2 is 1.71 bits per heavy atom. The number of carbonyl (C=O) groups is 3. The Balaban J connectivity index is 1.71. The number of hydrogen-bond donors (Lipinski definition) is 2. The highest BCUT2D eigenvalue weighted by Crippen LogP contribution is 2.54. The predicted octanol–water partition coefficient (Wildman–Crippen LogP) is 4.46. The molecule has 0 radical (unpaired) electrons. The van der Waals surface area contributed by atoms with Crippen molar-refractivity contribution in [3.05, 3.63) is 87.9 Å². The zero-order valence-electron chi connectivity index (χ0n) is 21.1. The lowest BCUT2D eigenvalue weighted by Crippen LogP contribution is -2.53. The minimum atomic E-state index is -1.83. The highest BCUT2D eigenvalue weighted by molar-refractivity contribution is 9.10. The number of carbonyl (C=O) groups excluding carboxylic acids is 2. The van der Waals surface area contributed by atoms with Crippen molar-refractivity contribution in [3.63, 3.8) is 0 Å². The molecular weight excluding hydrogens is 552 g/mol. The summed E-state index contributed by atoms with van der Waals surface area (Å²) in [6, 6.07) is 18.4. The molecule has 196 valence electrons. The van der Waals surface area contributed by atoms with Gasteiger partial charge in [0.15, 0.2) is 17.0 Å². The molecule has 4 atom stereocenters. The van der Waals surface area contributed by atoms with E-state index in [0.29, 0.717) is 32.8 Å². The first kappa shape index (κ1) is 25.9. The minimum absolute atomic E-state index is 0.397. The van der Waals surface area contributed by atoms with E-state index in [4.69, 9.17) is 9.47 Å². The van der Waals surface area contributed by atoms with Gasteiger partial charge in [-0.2, -0.15) is 0 Å². The molecule has 2 fully saturated rings. The molecule has 8 nitrogen and oxygen atoms in total. The summed E-state index contributed by atoms with van der Waals surface area (Å²) < 4.78 is 11.5. The lowest BCUT2D eigenvalue weighted by molar-refractivity contribution is -0.149. The van der Waals surface area contributed by atoms with Gasteiger partial charge in [0.1, 0.15) is 0 Å². The summed E-state index contributed by atoms with van der Waals surface area (Å²) in [5, 5.41) is 13.9. The second-order valence-electron chi connectivity index (χ2n) is 9.37. The SMILES string of the molecule is CCc1ccc(N2C(=O)C3C(c4cc(Br)c(OC)c(OC)c4)NC(C(=O)O)(c4ccccc4)C3C2=O)cc1. The number of benzene rings is 3. The second-order valence-corrected chi connectivity index (χ2v) is 10.2. The van der Waals surface area contributed by atoms with E-state index >= 15 is 0 Å². The predicted molar refractivity (Wildman–Crippen MR) is 144 cm³/mol. The third-order valence-corrected chi connectivity index (χ3v) is 8.13. The number of aryl methyl sites for hydroxylation is 1. The monoisotopic (exact) mass is 578 g/mol. The van der Waals surface area contributed by atoms with Crippen LogP contribution in [-0.2, 0) is 26.3 Å². The molecule has 2 N–H and O–H groups in total. The van der Waals surface area contributed by atoms with Crippen molar-refractivity contribution in [3.8, 4) is 11.5 Å². The molecule has 0 aliphatic carbocycles. The van der Waals surface area contributed by atoms with Crippen molar-refractivity contribution < 1.29 is 29.0 Å². The smallest absolute Gasteiger partial charge is 0.329 e. The summed E-state index contributed by atoms with van der Waals surface area (Å²) in [7, 11) is 3.01. The van der Waals surface area contributed by atoms with Crippen LogP contribution >= 0.6 is 15.9 Å². The fourth-order valence-corrected chi connectivity index (χ4v) is 6.35. The zero-order valence-corrected chi connectivity index (χ0v) is 22.7. The highest BCUT2D eigenvalue weighted by Gasteiger charge is 2.69. The third kappa shape index (κ3) is 3.80. The van der Waals surface area contributed by atoms with Gasteiger partial charge in [-0.3, -0.25) is 14.9 Å². The van der Waals surface area contributed by atoms with Crippen LogP contribution in [0.25, 0.3) is 0 Å². The molecule has 2 aliphatic rings. The Hall–Kier alpha value is -3.69. The number of carboxylic acids is 1.